The third kappa shape index (κ3) is 7.05. The number of sulfonamides is 1. The molecule has 11 heteroatoms. The number of nitrogens with two attached hydrogens (primary N) is 1. The summed E-state index contributed by atoms with van der Waals surface area (Å²) < 4.78 is 38.0. The van der Waals surface area contributed by atoms with Crippen LogP contribution in [-0.4, -0.2) is 46.7 Å². The quantitative estimate of drug-likeness (QED) is 0.307. The molecule has 0 fully saturated rings. The first-order chi connectivity index (χ1) is 16.8. The zero-order valence-corrected chi connectivity index (χ0v) is 19.6. The van der Waals surface area contributed by atoms with Gasteiger partial charge in [0.05, 0.1) is 23.9 Å². The van der Waals surface area contributed by atoms with Crippen molar-refractivity contribution in [1.82, 2.24) is 5.43 Å². The third-order valence-electron chi connectivity index (χ3n) is 4.62. The highest BCUT2D eigenvalue weighted by Crippen LogP contribution is 2.26. The van der Waals surface area contributed by atoms with E-state index in [2.05, 4.69) is 10.5 Å². The second kappa shape index (κ2) is 11.7. The summed E-state index contributed by atoms with van der Waals surface area (Å²) in [6.45, 7) is -0.749. The fraction of sp³-hybridized carbons (Fsp3) is 0.125. The molecule has 0 atom stereocenters. The minimum Gasteiger partial charge on any atom is -0.497 e. The van der Waals surface area contributed by atoms with E-state index in [4.69, 9.17) is 15.2 Å². The van der Waals surface area contributed by atoms with E-state index >= 15 is 0 Å². The first-order valence-corrected chi connectivity index (χ1v) is 11.8. The molecule has 0 unspecified atom stereocenters. The smallest absolute Gasteiger partial charge is 0.264 e. The monoisotopic (exact) mass is 496 g/mol. The van der Waals surface area contributed by atoms with Gasteiger partial charge in [0.2, 0.25) is 0 Å². The Morgan fingerprint density at radius 2 is 1.71 bits per heavy atom. The first-order valence-electron chi connectivity index (χ1n) is 10.3. The summed E-state index contributed by atoms with van der Waals surface area (Å²) in [4.78, 5) is 23.4. The lowest BCUT2D eigenvalue weighted by molar-refractivity contribution is -0.120. The summed E-state index contributed by atoms with van der Waals surface area (Å²) in [6, 6.07) is 20.8. The lowest BCUT2D eigenvalue weighted by atomic mass is 10.2. The largest absolute Gasteiger partial charge is 0.497 e. The van der Waals surface area contributed by atoms with Gasteiger partial charge < -0.3 is 15.2 Å². The Morgan fingerprint density at radius 1 is 1.00 bits per heavy atom. The van der Waals surface area contributed by atoms with Gasteiger partial charge in [-0.1, -0.05) is 24.3 Å². The summed E-state index contributed by atoms with van der Waals surface area (Å²) in [5.74, 6) is -0.344. The highest BCUT2D eigenvalue weighted by molar-refractivity contribution is 7.92. The number of hydrazone groups is 1. The molecular formula is C24H24N4O6S. The predicted octanol–water partition coefficient (Wildman–Crippen LogP) is 1.90. The zero-order chi connectivity index (χ0) is 25.3. The lowest BCUT2D eigenvalue weighted by Crippen LogP contribution is -2.39. The van der Waals surface area contributed by atoms with Gasteiger partial charge in [0, 0.05) is 6.07 Å². The number of amides is 2. The molecule has 0 radical (unpaired) electrons. The number of carbonyl (C=O) groups is 2. The van der Waals surface area contributed by atoms with Crippen molar-refractivity contribution < 1.29 is 27.5 Å². The van der Waals surface area contributed by atoms with E-state index in [1.165, 1.54) is 31.5 Å². The number of rotatable bonds is 11. The number of carbonyl (C=O) groups excluding carboxylic acids is 2. The van der Waals surface area contributed by atoms with Crippen LogP contribution in [-0.2, 0) is 19.6 Å². The van der Waals surface area contributed by atoms with Crippen molar-refractivity contribution >= 4 is 33.7 Å². The van der Waals surface area contributed by atoms with Gasteiger partial charge in [-0.3, -0.25) is 13.9 Å². The number of ether oxygens (including phenoxy) is 2. The van der Waals surface area contributed by atoms with E-state index in [1.54, 1.807) is 60.7 Å². The highest BCUT2D eigenvalue weighted by Gasteiger charge is 2.27. The molecule has 0 spiro atoms. The molecule has 0 bridgehead atoms. The van der Waals surface area contributed by atoms with E-state index in [0.29, 0.717) is 17.1 Å². The predicted molar refractivity (Wildman–Crippen MR) is 131 cm³/mol. The number of methoxy groups -OCH3 is 1. The van der Waals surface area contributed by atoms with E-state index < -0.39 is 28.4 Å². The first kappa shape index (κ1) is 25.2. The number of benzene rings is 3. The average molecular weight is 497 g/mol. The lowest BCUT2D eigenvalue weighted by Gasteiger charge is -2.24. The Labute approximate surface area is 203 Å². The van der Waals surface area contributed by atoms with Gasteiger partial charge in [0.15, 0.2) is 6.61 Å². The van der Waals surface area contributed by atoms with Crippen LogP contribution < -0.4 is 24.9 Å². The van der Waals surface area contributed by atoms with Crippen LogP contribution in [0.3, 0.4) is 0 Å². The van der Waals surface area contributed by atoms with Crippen molar-refractivity contribution in [2.45, 2.75) is 4.90 Å². The minimum absolute atomic E-state index is 0.0396. The molecular weight excluding hydrogens is 472 g/mol. The topological polar surface area (TPSA) is 140 Å². The second-order valence-corrected chi connectivity index (χ2v) is 9.01. The summed E-state index contributed by atoms with van der Waals surface area (Å²) >= 11 is 0. The van der Waals surface area contributed by atoms with Crippen molar-refractivity contribution in [3.05, 3.63) is 84.4 Å². The van der Waals surface area contributed by atoms with Crippen LogP contribution in [0, 0.1) is 0 Å². The molecule has 0 aliphatic rings. The Balaban J connectivity index is 1.74. The fourth-order valence-electron chi connectivity index (χ4n) is 2.95. The van der Waals surface area contributed by atoms with Crippen molar-refractivity contribution in [3.63, 3.8) is 0 Å². The molecule has 3 N–H and O–H groups in total. The molecule has 3 rings (SSSR count). The van der Waals surface area contributed by atoms with Gasteiger partial charge in [0.1, 0.15) is 18.0 Å². The van der Waals surface area contributed by atoms with Crippen molar-refractivity contribution in [3.8, 4) is 11.5 Å². The van der Waals surface area contributed by atoms with Gasteiger partial charge in [-0.15, -0.1) is 0 Å². The Kier molecular flexibility index (Phi) is 8.41. The average Bonchev–Trinajstić information content (AvgIpc) is 2.87. The van der Waals surface area contributed by atoms with Gasteiger partial charge in [-0.2, -0.15) is 5.10 Å². The van der Waals surface area contributed by atoms with Gasteiger partial charge in [0.25, 0.3) is 21.8 Å². The minimum atomic E-state index is -4.05. The summed E-state index contributed by atoms with van der Waals surface area (Å²) in [5.41, 5.74) is 8.28. The number of nitrogens with zero attached hydrogens (tertiary/aromatic N) is 2. The Morgan fingerprint density at radius 3 is 2.37 bits per heavy atom. The van der Waals surface area contributed by atoms with Crippen molar-refractivity contribution in [2.24, 2.45) is 10.8 Å². The molecule has 10 nitrogen and oxygen atoms in total. The molecule has 3 aromatic rings. The maximum atomic E-state index is 13.3. The van der Waals surface area contributed by atoms with E-state index in [-0.39, 0.29) is 17.2 Å². The number of hydrogen-bond acceptors (Lipinski definition) is 7. The van der Waals surface area contributed by atoms with Gasteiger partial charge >= 0.3 is 0 Å². The number of primary amides is 1. The molecule has 0 saturated heterocycles. The van der Waals surface area contributed by atoms with Crippen LogP contribution in [0.1, 0.15) is 5.56 Å². The summed E-state index contributed by atoms with van der Waals surface area (Å²) in [5, 5.41) is 3.90. The van der Waals surface area contributed by atoms with E-state index in [0.717, 1.165) is 4.31 Å². The third-order valence-corrected chi connectivity index (χ3v) is 6.41. The molecule has 0 aliphatic carbocycles. The molecule has 35 heavy (non-hydrogen) atoms. The second-order valence-electron chi connectivity index (χ2n) is 7.14. The molecule has 2 amide bonds. The van der Waals surface area contributed by atoms with Gasteiger partial charge in [-0.25, -0.2) is 13.8 Å². The Bertz CT molecular complexity index is 1300. The van der Waals surface area contributed by atoms with Crippen LogP contribution in [0.15, 0.2) is 88.9 Å². The number of hydrogen-bond donors (Lipinski definition) is 2. The molecule has 182 valence electrons. The molecule has 3 aromatic carbocycles. The normalized spacial score (nSPS) is 11.1. The Hall–Kier alpha value is -4.38. The number of nitrogens with one attached hydrogen (secondary N) is 1. The SMILES string of the molecule is COc1cccc(N(CC(=O)N/N=C\c2ccc(OCC(N)=O)cc2)S(=O)(=O)c2ccccc2)c1. The summed E-state index contributed by atoms with van der Waals surface area (Å²) in [7, 11) is -2.58. The van der Waals surface area contributed by atoms with E-state index in [9.17, 15) is 18.0 Å². The van der Waals surface area contributed by atoms with E-state index in [1.807, 2.05) is 0 Å². The van der Waals surface area contributed by atoms with Crippen molar-refractivity contribution in [2.75, 3.05) is 24.6 Å². The van der Waals surface area contributed by atoms with Crippen molar-refractivity contribution in [1.29, 1.82) is 0 Å². The number of anilines is 1. The van der Waals surface area contributed by atoms with Gasteiger partial charge in [-0.05, 0) is 54.1 Å². The molecule has 0 saturated carbocycles. The summed E-state index contributed by atoms with van der Waals surface area (Å²) in [6.07, 6.45) is 1.39. The fourth-order valence-corrected chi connectivity index (χ4v) is 4.38. The maximum Gasteiger partial charge on any atom is 0.264 e. The van der Waals surface area contributed by atoms with Crippen LogP contribution in [0.25, 0.3) is 0 Å². The standard InChI is InChI=1S/C24H24N4O6S/c1-33-21-7-5-6-19(14-21)28(35(31,32)22-8-3-2-4-9-22)16-24(30)27-26-15-18-10-12-20(13-11-18)34-17-23(25)29/h2-15H,16-17H2,1H3,(H2,25,29)(H,27,30)/b26-15-. The van der Waals surface area contributed by atoms with Crippen LogP contribution in [0.4, 0.5) is 5.69 Å². The van der Waals surface area contributed by atoms with Crippen LogP contribution >= 0.6 is 0 Å². The molecule has 0 aliphatic heterocycles. The van der Waals surface area contributed by atoms with Crippen LogP contribution in [0.5, 0.6) is 11.5 Å². The van der Waals surface area contributed by atoms with Crippen LogP contribution in [0.2, 0.25) is 0 Å². The maximum absolute atomic E-state index is 13.3. The highest BCUT2D eigenvalue weighted by atomic mass is 32.2. The zero-order valence-electron chi connectivity index (χ0n) is 18.8. The molecule has 0 aromatic heterocycles. The molecule has 0 heterocycles.